The van der Waals surface area contributed by atoms with Crippen LogP contribution in [-0.4, -0.2) is 21.9 Å². The van der Waals surface area contributed by atoms with Crippen LogP contribution in [0, 0.1) is 0 Å². The number of carbonyl (C=O) groups excluding carboxylic acids is 2. The van der Waals surface area contributed by atoms with E-state index in [0.29, 0.717) is 0 Å². The summed E-state index contributed by atoms with van der Waals surface area (Å²) < 4.78 is 0. The molecule has 7 heteroatoms. The molecule has 0 N–H and O–H groups in total. The quantitative estimate of drug-likeness (QED) is 0.651. The van der Waals surface area contributed by atoms with Gasteiger partial charge in [-0.05, 0) is 24.3 Å². The Morgan fingerprint density at radius 2 is 1.00 bits per heavy atom. The number of hydrogen-bond acceptors (Lipinski definition) is 6. The summed E-state index contributed by atoms with van der Waals surface area (Å²) in [5.74, 6) is -2.34. The topological polar surface area (TPSA) is 106 Å². The van der Waals surface area contributed by atoms with Crippen molar-refractivity contribution in [2.24, 2.45) is 0 Å². The van der Waals surface area contributed by atoms with Crippen LogP contribution in [0.25, 0.3) is 0 Å². The Labute approximate surface area is 121 Å². The second kappa shape index (κ2) is 8.88. The van der Waals surface area contributed by atoms with Crippen LogP contribution in [0.5, 0.6) is 0 Å². The van der Waals surface area contributed by atoms with E-state index in [1.807, 2.05) is 0 Å². The smallest absolute Gasteiger partial charge is 0.545 e. The van der Waals surface area contributed by atoms with Gasteiger partial charge in [-0.3, -0.25) is 9.97 Å². The van der Waals surface area contributed by atoms with E-state index in [0.717, 1.165) is 0 Å². The van der Waals surface area contributed by atoms with Gasteiger partial charge < -0.3 is 19.8 Å². The van der Waals surface area contributed by atoms with Crippen LogP contribution in [0.15, 0.2) is 49.1 Å². The van der Waals surface area contributed by atoms with Crippen LogP contribution in [0.3, 0.4) is 0 Å². The van der Waals surface area contributed by atoms with E-state index in [-0.39, 0.29) is 30.6 Å². The molecule has 0 radical (unpaired) electrons. The van der Waals surface area contributed by atoms with E-state index < -0.39 is 11.9 Å². The third-order valence-corrected chi connectivity index (χ3v) is 1.83. The molecule has 0 spiro atoms. The molecule has 0 aliphatic carbocycles. The van der Waals surface area contributed by atoms with Gasteiger partial charge in [0, 0.05) is 35.9 Å². The number of carboxylic acid groups (broad SMARTS) is 2. The minimum Gasteiger partial charge on any atom is -0.545 e. The molecule has 0 fully saturated rings. The van der Waals surface area contributed by atoms with Crippen molar-refractivity contribution in [3.8, 4) is 0 Å². The molecule has 0 amide bonds. The predicted molar refractivity (Wildman–Crippen MR) is 57.1 cm³/mol. The fourth-order valence-corrected chi connectivity index (χ4v) is 0.976. The van der Waals surface area contributed by atoms with Crippen molar-refractivity contribution in [1.82, 2.24) is 9.97 Å². The van der Waals surface area contributed by atoms with Crippen molar-refractivity contribution in [2.45, 2.75) is 0 Å². The zero-order valence-corrected chi connectivity index (χ0v) is 12.8. The SMILES string of the molecule is O=C([O-])c1ccncc1.O=C([O-])c1ccncc1.[Zn+2]. The summed E-state index contributed by atoms with van der Waals surface area (Å²) in [5, 5.41) is 20.1. The summed E-state index contributed by atoms with van der Waals surface area (Å²) in [7, 11) is 0. The van der Waals surface area contributed by atoms with Gasteiger partial charge in [-0.1, -0.05) is 0 Å². The first kappa shape index (κ1) is 16.9. The molecule has 0 saturated heterocycles. The predicted octanol–water partition coefficient (Wildman–Crippen LogP) is -1.11. The van der Waals surface area contributed by atoms with Crippen molar-refractivity contribution >= 4 is 11.9 Å². The average Bonchev–Trinajstić information content (AvgIpc) is 2.41. The molecule has 0 bridgehead atoms. The van der Waals surface area contributed by atoms with Gasteiger partial charge >= 0.3 is 19.5 Å². The number of aromatic nitrogens is 2. The van der Waals surface area contributed by atoms with Gasteiger partial charge in [0.1, 0.15) is 0 Å². The Balaban J connectivity index is 0.000000324. The van der Waals surface area contributed by atoms with Gasteiger partial charge in [0.05, 0.1) is 11.9 Å². The molecule has 2 rings (SSSR count). The molecule has 0 atom stereocenters. The van der Waals surface area contributed by atoms with Crippen molar-refractivity contribution in [1.29, 1.82) is 0 Å². The molecule has 0 aromatic carbocycles. The Bertz CT molecular complexity index is 470. The average molecular weight is 310 g/mol. The Morgan fingerprint density at radius 3 is 1.16 bits per heavy atom. The van der Waals surface area contributed by atoms with Crippen molar-refractivity contribution in [2.75, 3.05) is 0 Å². The second-order valence-electron chi connectivity index (χ2n) is 3.05. The molecular weight excluding hydrogens is 302 g/mol. The Morgan fingerprint density at radius 1 is 0.737 bits per heavy atom. The van der Waals surface area contributed by atoms with E-state index in [9.17, 15) is 19.8 Å². The first-order chi connectivity index (χ1) is 8.61. The maximum absolute atomic E-state index is 10.1. The minimum atomic E-state index is -1.17. The summed E-state index contributed by atoms with van der Waals surface area (Å²) in [6.45, 7) is 0. The summed E-state index contributed by atoms with van der Waals surface area (Å²) in [4.78, 5) is 27.4. The molecule has 6 nitrogen and oxygen atoms in total. The molecule has 0 aliphatic rings. The standard InChI is InChI=1S/2C6H5NO2.Zn/c2*8-6(9)5-1-3-7-4-2-5;/h2*1-4H,(H,8,9);/q;;+2/p-2. The molecule has 2 aromatic rings. The fourth-order valence-electron chi connectivity index (χ4n) is 0.976. The van der Waals surface area contributed by atoms with Gasteiger partial charge in [-0.15, -0.1) is 0 Å². The molecule has 2 aromatic heterocycles. The normalized spacial score (nSPS) is 8.42. The number of nitrogens with zero attached hydrogens (tertiary/aromatic N) is 2. The largest absolute Gasteiger partial charge is 2.00 e. The molecule has 0 aliphatic heterocycles. The first-order valence-electron chi connectivity index (χ1n) is 4.84. The summed E-state index contributed by atoms with van der Waals surface area (Å²) in [5.41, 5.74) is 0.315. The first-order valence-corrected chi connectivity index (χ1v) is 4.84. The minimum absolute atomic E-state index is 0. The zero-order chi connectivity index (χ0) is 13.4. The van der Waals surface area contributed by atoms with Crippen LogP contribution < -0.4 is 10.2 Å². The fraction of sp³-hybridized carbons (Fsp3) is 0. The summed E-state index contributed by atoms with van der Waals surface area (Å²) >= 11 is 0. The van der Waals surface area contributed by atoms with Crippen LogP contribution in [0.4, 0.5) is 0 Å². The second-order valence-corrected chi connectivity index (χ2v) is 3.05. The number of carbonyl (C=O) groups is 2. The third kappa shape index (κ3) is 6.38. The number of hydrogen-bond donors (Lipinski definition) is 0. The summed E-state index contributed by atoms with van der Waals surface area (Å²) in [6, 6.07) is 5.54. The number of carboxylic acids is 2. The van der Waals surface area contributed by atoms with Crippen LogP contribution >= 0.6 is 0 Å². The van der Waals surface area contributed by atoms with E-state index in [1.165, 1.54) is 49.1 Å². The van der Waals surface area contributed by atoms with E-state index in [2.05, 4.69) is 9.97 Å². The van der Waals surface area contributed by atoms with Gasteiger partial charge in [0.15, 0.2) is 0 Å². The monoisotopic (exact) mass is 308 g/mol. The van der Waals surface area contributed by atoms with Gasteiger partial charge in [0.2, 0.25) is 0 Å². The molecule has 92 valence electrons. The summed E-state index contributed by atoms with van der Waals surface area (Å²) in [6.07, 6.45) is 5.63. The Hall–Kier alpha value is -2.14. The molecule has 0 unspecified atom stereocenters. The number of pyridine rings is 2. The van der Waals surface area contributed by atoms with Gasteiger partial charge in [-0.2, -0.15) is 0 Å². The maximum atomic E-state index is 10.1. The van der Waals surface area contributed by atoms with Gasteiger partial charge in [-0.25, -0.2) is 0 Å². The van der Waals surface area contributed by atoms with Crippen molar-refractivity contribution < 1.29 is 39.3 Å². The van der Waals surface area contributed by atoms with Gasteiger partial charge in [0.25, 0.3) is 0 Å². The van der Waals surface area contributed by atoms with E-state index in [4.69, 9.17) is 0 Å². The number of rotatable bonds is 2. The van der Waals surface area contributed by atoms with Crippen molar-refractivity contribution in [3.05, 3.63) is 60.2 Å². The van der Waals surface area contributed by atoms with Crippen molar-refractivity contribution in [3.63, 3.8) is 0 Å². The van der Waals surface area contributed by atoms with Crippen LogP contribution in [-0.2, 0) is 19.5 Å². The van der Waals surface area contributed by atoms with E-state index in [1.54, 1.807) is 0 Å². The third-order valence-electron chi connectivity index (χ3n) is 1.83. The van der Waals surface area contributed by atoms with Crippen LogP contribution in [0.2, 0.25) is 0 Å². The zero-order valence-electron chi connectivity index (χ0n) is 9.85. The molecule has 0 saturated carbocycles. The maximum Gasteiger partial charge on any atom is 2.00 e. The number of aromatic carboxylic acids is 2. The molecule has 2 heterocycles. The van der Waals surface area contributed by atoms with Crippen LogP contribution in [0.1, 0.15) is 20.7 Å². The molecule has 19 heavy (non-hydrogen) atoms. The van der Waals surface area contributed by atoms with E-state index >= 15 is 0 Å². The molecular formula is C12H8N2O4Zn. The Kier molecular flexibility index (Phi) is 7.88.